The Hall–Kier alpha value is -1.86. The van der Waals surface area contributed by atoms with Gasteiger partial charge in [0.25, 0.3) is 0 Å². The van der Waals surface area contributed by atoms with E-state index >= 15 is 0 Å². The second kappa shape index (κ2) is 9.11. The van der Waals surface area contributed by atoms with E-state index in [2.05, 4.69) is 13.8 Å². The Kier molecular flexibility index (Phi) is 6.94. The van der Waals surface area contributed by atoms with E-state index in [1.54, 1.807) is 13.8 Å². The maximum absolute atomic E-state index is 13.9. The van der Waals surface area contributed by atoms with Gasteiger partial charge in [-0.1, -0.05) is 47.1 Å². The molecule has 0 spiro atoms. The molecule has 2 saturated carbocycles. The van der Waals surface area contributed by atoms with Gasteiger partial charge in [-0.05, 0) is 54.3 Å². The topological polar surface area (TPSA) is 129 Å². The molecule has 2 fully saturated rings. The lowest BCUT2D eigenvalue weighted by atomic mass is 9.43. The van der Waals surface area contributed by atoms with E-state index in [1.165, 1.54) is 0 Å². The molecule has 0 bridgehead atoms. The van der Waals surface area contributed by atoms with Crippen molar-refractivity contribution in [1.29, 1.82) is 0 Å². The van der Waals surface area contributed by atoms with Crippen molar-refractivity contribution in [3.63, 3.8) is 0 Å². The minimum Gasteiger partial charge on any atom is -0.481 e. The summed E-state index contributed by atoms with van der Waals surface area (Å²) >= 11 is 0. The highest BCUT2D eigenvalue weighted by atomic mass is 16.4. The maximum atomic E-state index is 13.9. The number of aliphatic hydroxyl groups excluding tert-OH is 2. The molecule has 37 heavy (non-hydrogen) atoms. The number of fused-ring (bicyclic) bond motifs is 4. The van der Waals surface area contributed by atoms with Crippen LogP contribution in [0.3, 0.4) is 0 Å². The number of aliphatic carboxylic acids is 1. The van der Waals surface area contributed by atoms with Gasteiger partial charge in [-0.25, -0.2) is 0 Å². The number of carboxylic acid groups (broad SMARTS) is 1. The van der Waals surface area contributed by atoms with Crippen LogP contribution < -0.4 is 0 Å². The molecule has 0 aromatic heterocycles. The molecule has 0 heterocycles. The number of Topliss-reactive ketones (excluding diaryl/α,β-unsaturated/α-hetero) is 3. The Morgan fingerprint density at radius 2 is 1.68 bits per heavy atom. The zero-order valence-corrected chi connectivity index (χ0v) is 23.2. The summed E-state index contributed by atoms with van der Waals surface area (Å²) in [5, 5.41) is 31.0. The van der Waals surface area contributed by atoms with Gasteiger partial charge in [0, 0.05) is 36.7 Å². The molecule has 0 radical (unpaired) electrons. The molecule has 9 unspecified atom stereocenters. The first kappa shape index (κ1) is 28.2. The van der Waals surface area contributed by atoms with Gasteiger partial charge in [0.15, 0.2) is 5.78 Å². The van der Waals surface area contributed by atoms with E-state index in [1.807, 2.05) is 13.8 Å². The first-order valence-corrected chi connectivity index (χ1v) is 13.9. The summed E-state index contributed by atoms with van der Waals surface area (Å²) in [6.45, 7) is 11.4. The molecule has 206 valence electrons. The summed E-state index contributed by atoms with van der Waals surface area (Å²) in [7, 11) is 0. The van der Waals surface area contributed by atoms with Gasteiger partial charge < -0.3 is 15.3 Å². The number of hydrogen-bond acceptors (Lipinski definition) is 6. The fourth-order valence-electron chi connectivity index (χ4n) is 9.15. The zero-order valence-electron chi connectivity index (χ0n) is 23.2. The number of allylic oxidation sites excluding steroid dienone is 1. The maximum Gasteiger partial charge on any atom is 0.306 e. The van der Waals surface area contributed by atoms with Crippen molar-refractivity contribution in [2.45, 2.75) is 99.0 Å². The third-order valence-corrected chi connectivity index (χ3v) is 11.8. The Balaban J connectivity index is 1.70. The molecule has 0 aromatic rings. The molecule has 9 atom stereocenters. The van der Waals surface area contributed by atoms with Crippen molar-refractivity contribution in [3.8, 4) is 0 Å². The molecular formula is C30H44O7. The van der Waals surface area contributed by atoms with Crippen molar-refractivity contribution in [1.82, 2.24) is 0 Å². The second-order valence-corrected chi connectivity index (χ2v) is 13.6. The summed E-state index contributed by atoms with van der Waals surface area (Å²) in [4.78, 5) is 50.7. The van der Waals surface area contributed by atoms with Crippen molar-refractivity contribution in [2.24, 2.45) is 45.3 Å². The standard InChI is InChI=1S/C30H44O7/c1-16(11-18(32)12-17(2)26(36)37)20-13-24(35)30(6)25-19(7-10-29(20,30)5)27(3)9-8-23(34)28(4,15-31)22(27)14-21(25)33/h16-17,20,22,24,31,35H,7-15H2,1-6H3,(H,36,37). The molecule has 4 aliphatic carbocycles. The van der Waals surface area contributed by atoms with E-state index in [9.17, 15) is 34.5 Å². The van der Waals surface area contributed by atoms with Gasteiger partial charge in [0.1, 0.15) is 11.6 Å². The predicted octanol–water partition coefficient (Wildman–Crippen LogP) is 4.13. The second-order valence-electron chi connectivity index (χ2n) is 13.6. The van der Waals surface area contributed by atoms with Crippen LogP contribution >= 0.6 is 0 Å². The Morgan fingerprint density at radius 3 is 2.27 bits per heavy atom. The fourth-order valence-corrected chi connectivity index (χ4v) is 9.15. The average molecular weight is 517 g/mol. The summed E-state index contributed by atoms with van der Waals surface area (Å²) < 4.78 is 0. The number of hydrogen-bond donors (Lipinski definition) is 3. The van der Waals surface area contributed by atoms with E-state index in [-0.39, 0.29) is 66.4 Å². The number of ketones is 3. The highest BCUT2D eigenvalue weighted by Gasteiger charge is 2.68. The summed E-state index contributed by atoms with van der Waals surface area (Å²) in [6, 6.07) is 0. The first-order chi connectivity index (χ1) is 17.1. The molecule has 0 aromatic carbocycles. The smallest absolute Gasteiger partial charge is 0.306 e. The molecular weight excluding hydrogens is 472 g/mol. The third kappa shape index (κ3) is 3.82. The molecule has 4 aliphatic rings. The quantitative estimate of drug-likeness (QED) is 0.464. The van der Waals surface area contributed by atoms with Gasteiger partial charge in [0.05, 0.1) is 24.0 Å². The van der Waals surface area contributed by atoms with Crippen LogP contribution in [0.2, 0.25) is 0 Å². The van der Waals surface area contributed by atoms with Gasteiger partial charge in [-0.2, -0.15) is 0 Å². The molecule has 7 nitrogen and oxygen atoms in total. The Labute approximate surface area is 220 Å². The van der Waals surface area contributed by atoms with Crippen molar-refractivity contribution < 1.29 is 34.5 Å². The molecule has 0 saturated heterocycles. The highest BCUT2D eigenvalue weighted by molar-refractivity contribution is 6.01. The van der Waals surface area contributed by atoms with Crippen LogP contribution in [0.5, 0.6) is 0 Å². The van der Waals surface area contributed by atoms with Crippen LogP contribution in [-0.4, -0.2) is 51.3 Å². The number of rotatable bonds is 7. The predicted molar refractivity (Wildman–Crippen MR) is 137 cm³/mol. The SMILES string of the molecule is CC(CC(=O)CC(C)C1CC(O)C2(C)C3=C(CCC12C)C1(C)CCC(=O)C(C)(CO)C1CC3=O)C(=O)O. The van der Waals surface area contributed by atoms with Crippen LogP contribution in [-0.2, 0) is 19.2 Å². The number of aliphatic hydroxyl groups is 2. The molecule has 4 rings (SSSR count). The normalized spacial score (nSPS) is 43.1. The number of carbonyl (C=O) groups excluding carboxylic acids is 3. The van der Waals surface area contributed by atoms with Crippen LogP contribution in [0.4, 0.5) is 0 Å². The fraction of sp³-hybridized carbons (Fsp3) is 0.800. The van der Waals surface area contributed by atoms with Gasteiger partial charge in [-0.15, -0.1) is 0 Å². The lowest BCUT2D eigenvalue weighted by Crippen LogP contribution is -2.59. The largest absolute Gasteiger partial charge is 0.481 e. The Bertz CT molecular complexity index is 1060. The Morgan fingerprint density at radius 1 is 1.03 bits per heavy atom. The highest BCUT2D eigenvalue weighted by Crippen LogP contribution is 2.71. The average Bonchev–Trinajstić information content (AvgIpc) is 3.04. The van der Waals surface area contributed by atoms with Crippen molar-refractivity contribution in [2.75, 3.05) is 6.61 Å². The molecule has 3 N–H and O–H groups in total. The number of carboxylic acids is 1. The lowest BCUT2D eigenvalue weighted by molar-refractivity contribution is -0.149. The van der Waals surface area contributed by atoms with E-state index < -0.39 is 34.2 Å². The van der Waals surface area contributed by atoms with Crippen LogP contribution in [0.1, 0.15) is 92.9 Å². The van der Waals surface area contributed by atoms with E-state index in [0.29, 0.717) is 25.7 Å². The monoisotopic (exact) mass is 516 g/mol. The van der Waals surface area contributed by atoms with Crippen LogP contribution in [0.15, 0.2) is 11.1 Å². The summed E-state index contributed by atoms with van der Waals surface area (Å²) in [5.74, 6) is -2.07. The summed E-state index contributed by atoms with van der Waals surface area (Å²) in [5.41, 5.74) is -0.679. The van der Waals surface area contributed by atoms with Crippen molar-refractivity contribution >= 4 is 23.3 Å². The molecule has 0 amide bonds. The van der Waals surface area contributed by atoms with E-state index in [0.717, 1.165) is 17.6 Å². The molecule has 7 heteroatoms. The van der Waals surface area contributed by atoms with Gasteiger partial charge in [0.2, 0.25) is 0 Å². The van der Waals surface area contributed by atoms with E-state index in [4.69, 9.17) is 0 Å². The van der Waals surface area contributed by atoms with Crippen LogP contribution in [0.25, 0.3) is 0 Å². The lowest BCUT2D eigenvalue weighted by Gasteiger charge is -2.60. The molecule has 0 aliphatic heterocycles. The first-order valence-electron chi connectivity index (χ1n) is 13.9. The van der Waals surface area contributed by atoms with Gasteiger partial charge in [-0.3, -0.25) is 19.2 Å². The van der Waals surface area contributed by atoms with Crippen molar-refractivity contribution in [3.05, 3.63) is 11.1 Å². The minimum absolute atomic E-state index is 0.00119. The van der Waals surface area contributed by atoms with Gasteiger partial charge >= 0.3 is 5.97 Å². The number of carbonyl (C=O) groups is 4. The van der Waals surface area contributed by atoms with Crippen LogP contribution in [0, 0.1) is 45.3 Å². The zero-order chi connectivity index (χ0) is 27.7. The minimum atomic E-state index is -0.979. The summed E-state index contributed by atoms with van der Waals surface area (Å²) in [6.07, 6.45) is 2.72. The third-order valence-electron chi connectivity index (χ3n) is 11.8.